The summed E-state index contributed by atoms with van der Waals surface area (Å²) < 4.78 is 41.5. The van der Waals surface area contributed by atoms with E-state index in [1.54, 1.807) is 20.8 Å². The van der Waals surface area contributed by atoms with Crippen LogP contribution in [0.4, 0.5) is 29.7 Å². The number of aromatic nitrogens is 2. The number of nitrogens with one attached hydrogen (secondary N) is 2. The minimum absolute atomic E-state index is 0.0492. The molecule has 2 fully saturated rings. The molecule has 3 heterocycles. The highest BCUT2D eigenvalue weighted by atomic mass is 35.5. The molecule has 0 radical (unpaired) electrons. The van der Waals surface area contributed by atoms with Gasteiger partial charge in [0.15, 0.2) is 11.6 Å². The molecule has 1 atom stereocenters. The highest BCUT2D eigenvalue weighted by Gasteiger charge is 2.53. The quantitative estimate of drug-likeness (QED) is 0.342. The van der Waals surface area contributed by atoms with E-state index < -0.39 is 35.0 Å². The van der Waals surface area contributed by atoms with Crippen LogP contribution in [0.15, 0.2) is 12.3 Å². The van der Waals surface area contributed by atoms with Gasteiger partial charge in [0.25, 0.3) is 0 Å². The fourth-order valence-electron chi connectivity index (χ4n) is 5.60. The van der Waals surface area contributed by atoms with E-state index in [9.17, 15) is 9.59 Å². The molecule has 9 nitrogen and oxygen atoms in total. The lowest BCUT2D eigenvalue weighted by atomic mass is 9.96. The Balaban J connectivity index is 1.53. The molecule has 3 aromatic rings. The fraction of sp³-hybridized carbons (Fsp3) is 0.552. The topological polar surface area (TPSA) is 99.8 Å². The minimum Gasteiger partial charge on any atom is -0.444 e. The number of amides is 2. The third-order valence-corrected chi connectivity index (χ3v) is 7.83. The molecule has 1 saturated heterocycles. The summed E-state index contributed by atoms with van der Waals surface area (Å²) in [5.41, 5.74) is -0.641. The summed E-state index contributed by atoms with van der Waals surface area (Å²) in [4.78, 5) is 36.0. The number of alkyl carbamates (subject to hydrolysis) is 1. The van der Waals surface area contributed by atoms with Gasteiger partial charge in [0, 0.05) is 37.7 Å². The molecule has 0 spiro atoms. The van der Waals surface area contributed by atoms with Crippen molar-refractivity contribution in [1.29, 1.82) is 0 Å². The van der Waals surface area contributed by atoms with Crippen LogP contribution in [0, 0.1) is 17.6 Å². The van der Waals surface area contributed by atoms with Crippen molar-refractivity contribution in [2.24, 2.45) is 5.92 Å². The van der Waals surface area contributed by atoms with Gasteiger partial charge in [-0.3, -0.25) is 4.90 Å². The first-order valence-electron chi connectivity index (χ1n) is 13.7. The molecule has 1 saturated carbocycles. The maximum atomic E-state index is 15.6. The smallest absolute Gasteiger partial charge is 0.414 e. The van der Waals surface area contributed by atoms with Gasteiger partial charge in [0.2, 0.25) is 0 Å². The second-order valence-corrected chi connectivity index (χ2v) is 13.4. The van der Waals surface area contributed by atoms with Crippen LogP contribution in [0.5, 0.6) is 0 Å². The Hall–Kier alpha value is -3.34. The molecule has 2 N–H and O–H groups in total. The van der Waals surface area contributed by atoms with E-state index in [4.69, 9.17) is 21.1 Å². The molecule has 2 aromatic heterocycles. The summed E-state index contributed by atoms with van der Waals surface area (Å²) in [7, 11) is 1.44. The summed E-state index contributed by atoms with van der Waals surface area (Å²) in [6.07, 6.45) is 2.73. The van der Waals surface area contributed by atoms with Gasteiger partial charge < -0.3 is 24.7 Å². The van der Waals surface area contributed by atoms with E-state index in [0.29, 0.717) is 29.8 Å². The Labute approximate surface area is 242 Å². The van der Waals surface area contributed by atoms with Crippen molar-refractivity contribution in [1.82, 2.24) is 15.3 Å². The van der Waals surface area contributed by atoms with Crippen molar-refractivity contribution >= 4 is 57.1 Å². The number of pyridine rings is 1. The number of ether oxygens (including phenoxy) is 2. The molecule has 222 valence electrons. The van der Waals surface area contributed by atoms with E-state index in [2.05, 4.69) is 15.3 Å². The Bertz CT molecular complexity index is 1540. The number of carbonyl (C=O) groups is 2. The first-order chi connectivity index (χ1) is 19.0. The van der Waals surface area contributed by atoms with Crippen LogP contribution < -0.4 is 15.1 Å². The number of halogens is 3. The zero-order valence-electron chi connectivity index (χ0n) is 24.4. The zero-order chi connectivity index (χ0) is 30.1. The average Bonchev–Trinajstić information content (AvgIpc) is 3.27. The molecule has 1 aromatic carbocycles. The van der Waals surface area contributed by atoms with Gasteiger partial charge in [-0.15, -0.1) is 0 Å². The molecule has 1 aliphatic heterocycles. The SMILES string of the molecule is CN(C(=O)OC(C)(C)C)c1cc(F)c(F)c2c1[nH]c1ncc(Cl)c(N3CCC(C4(NC(=O)OC(C)(C)C)CC4)C3)c12. The van der Waals surface area contributed by atoms with Gasteiger partial charge in [-0.25, -0.2) is 23.4 Å². The zero-order valence-corrected chi connectivity index (χ0v) is 25.1. The van der Waals surface area contributed by atoms with E-state index in [0.717, 1.165) is 30.2 Å². The van der Waals surface area contributed by atoms with Crippen molar-refractivity contribution in [3.8, 4) is 0 Å². The second kappa shape index (κ2) is 9.89. The maximum Gasteiger partial charge on any atom is 0.414 e. The number of hydrogen-bond acceptors (Lipinski definition) is 6. The van der Waals surface area contributed by atoms with Crippen molar-refractivity contribution in [2.75, 3.05) is 29.9 Å². The number of nitrogens with zero attached hydrogens (tertiary/aromatic N) is 3. The van der Waals surface area contributed by atoms with Crippen LogP contribution in [-0.2, 0) is 9.47 Å². The number of hydrogen-bond donors (Lipinski definition) is 2. The Morgan fingerprint density at radius 2 is 1.80 bits per heavy atom. The van der Waals surface area contributed by atoms with Crippen LogP contribution in [-0.4, -0.2) is 59.0 Å². The summed E-state index contributed by atoms with van der Waals surface area (Å²) in [6, 6.07) is 0.962. The molecule has 2 aliphatic rings. The summed E-state index contributed by atoms with van der Waals surface area (Å²) in [5.74, 6) is -2.08. The monoisotopic (exact) mass is 591 g/mol. The number of anilines is 2. The van der Waals surface area contributed by atoms with Gasteiger partial charge in [-0.2, -0.15) is 0 Å². The summed E-state index contributed by atoms with van der Waals surface area (Å²) >= 11 is 6.68. The van der Waals surface area contributed by atoms with Gasteiger partial charge >= 0.3 is 12.2 Å². The second-order valence-electron chi connectivity index (χ2n) is 13.0. The predicted molar refractivity (Wildman–Crippen MR) is 155 cm³/mol. The molecule has 0 bridgehead atoms. The van der Waals surface area contributed by atoms with E-state index in [1.807, 2.05) is 25.7 Å². The number of rotatable bonds is 4. The molecule has 1 unspecified atom stereocenters. The van der Waals surface area contributed by atoms with Crippen molar-refractivity contribution in [3.63, 3.8) is 0 Å². The summed E-state index contributed by atoms with van der Waals surface area (Å²) in [5, 5.41) is 3.64. The number of H-pyrrole nitrogens is 1. The lowest BCUT2D eigenvalue weighted by molar-refractivity contribution is 0.0476. The molecule has 5 rings (SSSR count). The first-order valence-corrected chi connectivity index (χ1v) is 14.1. The highest BCUT2D eigenvalue weighted by Crippen LogP contribution is 2.49. The van der Waals surface area contributed by atoms with E-state index in [-0.39, 0.29) is 33.1 Å². The number of fused-ring (bicyclic) bond motifs is 3. The third kappa shape index (κ3) is 5.60. The average molecular weight is 592 g/mol. The summed E-state index contributed by atoms with van der Waals surface area (Å²) in [6.45, 7) is 11.8. The largest absolute Gasteiger partial charge is 0.444 e. The van der Waals surface area contributed by atoms with Gasteiger partial charge in [0.05, 0.1) is 38.9 Å². The van der Waals surface area contributed by atoms with E-state index >= 15 is 8.78 Å². The molecule has 41 heavy (non-hydrogen) atoms. The number of carbonyl (C=O) groups excluding carboxylic acids is 2. The number of benzene rings is 1. The maximum absolute atomic E-state index is 15.6. The van der Waals surface area contributed by atoms with Crippen LogP contribution in [0.2, 0.25) is 5.02 Å². The normalized spacial score (nSPS) is 18.6. The molecule has 2 amide bonds. The van der Waals surface area contributed by atoms with Crippen LogP contribution >= 0.6 is 11.6 Å². The Morgan fingerprint density at radius 3 is 2.41 bits per heavy atom. The Morgan fingerprint density at radius 1 is 1.15 bits per heavy atom. The molecular weight excluding hydrogens is 556 g/mol. The number of aromatic amines is 1. The van der Waals surface area contributed by atoms with Gasteiger partial charge in [-0.1, -0.05) is 11.6 Å². The molecular formula is C29H36ClF2N5O4. The minimum atomic E-state index is -1.12. The first kappa shape index (κ1) is 29.2. The van der Waals surface area contributed by atoms with Crippen molar-refractivity contribution in [2.45, 2.75) is 77.5 Å². The lowest BCUT2D eigenvalue weighted by Gasteiger charge is -2.28. The molecule has 12 heteroatoms. The van der Waals surface area contributed by atoms with E-state index in [1.165, 1.54) is 13.2 Å². The lowest BCUT2D eigenvalue weighted by Crippen LogP contribution is -2.45. The van der Waals surface area contributed by atoms with Crippen LogP contribution in [0.1, 0.15) is 60.8 Å². The Kier molecular flexibility index (Phi) is 7.03. The molecule has 1 aliphatic carbocycles. The van der Waals surface area contributed by atoms with Crippen molar-refractivity contribution in [3.05, 3.63) is 28.9 Å². The van der Waals surface area contributed by atoms with Crippen molar-refractivity contribution < 1.29 is 27.8 Å². The highest BCUT2D eigenvalue weighted by molar-refractivity contribution is 6.36. The fourth-order valence-corrected chi connectivity index (χ4v) is 5.86. The predicted octanol–water partition coefficient (Wildman–Crippen LogP) is 6.90. The van der Waals surface area contributed by atoms with Crippen LogP contribution in [0.25, 0.3) is 21.9 Å². The standard InChI is InChI=1S/C29H36ClF2N5O4/c1-27(2,3)40-25(38)35-29(9-10-29)15-8-11-37(14-15)23-16(30)13-33-24-20(23)19-21(32)17(31)12-18(22(19)34-24)36(7)26(39)41-28(4,5)6/h12-13,15H,8-11,14H2,1-7H3,(H,33,34)(H,35,38). The third-order valence-electron chi connectivity index (χ3n) is 7.55. The van der Waals surface area contributed by atoms with Gasteiger partial charge in [0.1, 0.15) is 16.8 Å². The van der Waals surface area contributed by atoms with Gasteiger partial charge in [-0.05, 0) is 60.8 Å². The van der Waals surface area contributed by atoms with Crippen LogP contribution in [0.3, 0.4) is 0 Å².